The van der Waals surface area contributed by atoms with Gasteiger partial charge in [0.15, 0.2) is 0 Å². The fraction of sp³-hybridized carbons (Fsp3) is 0.143. The molecule has 0 radical (unpaired) electrons. The Labute approximate surface area is 91.8 Å². The van der Waals surface area contributed by atoms with Crippen molar-refractivity contribution in [1.82, 2.24) is 4.98 Å². The minimum absolute atomic E-state index is 0.115. The topological polar surface area (TPSA) is 82.0 Å². The lowest BCUT2D eigenvalue weighted by atomic mass is 10.2. The van der Waals surface area contributed by atoms with Crippen molar-refractivity contribution in [3.8, 4) is 0 Å². The Bertz CT molecular complexity index is 360. The van der Waals surface area contributed by atoms with Gasteiger partial charge in [0.05, 0.1) is 5.56 Å². The van der Waals surface area contributed by atoms with Gasteiger partial charge in [-0.2, -0.15) is 0 Å². The smallest absolute Gasteiger partial charge is 0.268 e. The second-order valence-electron chi connectivity index (χ2n) is 2.45. The lowest BCUT2D eigenvalue weighted by Gasteiger charge is -2.07. The van der Waals surface area contributed by atoms with Crippen LogP contribution in [0.1, 0.15) is 22.5 Å². The standard InChI is InChI=1S/C7H6F2IN3O/c8-5(9)4-2(10)1-3(7(12)14)13-6(4)11/h1,5H,(H2,11,13)(H2,12,14). The lowest BCUT2D eigenvalue weighted by molar-refractivity contribution is 0.0994. The Morgan fingerprint density at radius 2 is 2.14 bits per heavy atom. The van der Waals surface area contributed by atoms with Gasteiger partial charge in [0, 0.05) is 3.57 Å². The number of hydrogen-bond acceptors (Lipinski definition) is 3. The number of alkyl halides is 2. The molecule has 76 valence electrons. The van der Waals surface area contributed by atoms with E-state index in [0.29, 0.717) is 0 Å². The monoisotopic (exact) mass is 313 g/mol. The van der Waals surface area contributed by atoms with Gasteiger partial charge in [-0.25, -0.2) is 13.8 Å². The molecule has 1 aromatic rings. The Morgan fingerprint density at radius 1 is 1.57 bits per heavy atom. The molecule has 0 aromatic carbocycles. The molecule has 4 N–H and O–H groups in total. The van der Waals surface area contributed by atoms with E-state index in [-0.39, 0.29) is 20.6 Å². The number of nitrogen functional groups attached to an aromatic ring is 1. The van der Waals surface area contributed by atoms with E-state index in [1.165, 1.54) is 6.07 Å². The normalized spacial score (nSPS) is 10.6. The van der Waals surface area contributed by atoms with Crippen molar-refractivity contribution in [2.75, 3.05) is 5.73 Å². The Kier molecular flexibility index (Phi) is 3.19. The maximum absolute atomic E-state index is 12.4. The zero-order valence-corrected chi connectivity index (χ0v) is 8.96. The van der Waals surface area contributed by atoms with Crippen LogP contribution in [0.4, 0.5) is 14.6 Å². The van der Waals surface area contributed by atoms with Crippen molar-refractivity contribution in [1.29, 1.82) is 0 Å². The summed E-state index contributed by atoms with van der Waals surface area (Å²) in [5, 5.41) is 0. The van der Waals surface area contributed by atoms with Gasteiger partial charge in [-0.1, -0.05) is 0 Å². The number of primary amides is 1. The largest absolute Gasteiger partial charge is 0.383 e. The molecule has 14 heavy (non-hydrogen) atoms. The van der Waals surface area contributed by atoms with Gasteiger partial charge < -0.3 is 11.5 Å². The molecule has 0 unspecified atom stereocenters. The molecule has 1 amide bonds. The highest BCUT2D eigenvalue weighted by atomic mass is 127. The van der Waals surface area contributed by atoms with Gasteiger partial charge in [0.1, 0.15) is 11.5 Å². The summed E-state index contributed by atoms with van der Waals surface area (Å²) < 4.78 is 24.9. The number of amides is 1. The molecule has 0 spiro atoms. The first-order valence-corrected chi connectivity index (χ1v) is 4.55. The van der Waals surface area contributed by atoms with Crippen molar-refractivity contribution in [2.45, 2.75) is 6.43 Å². The highest BCUT2D eigenvalue weighted by molar-refractivity contribution is 14.1. The number of hydrogen-bond donors (Lipinski definition) is 2. The minimum atomic E-state index is -2.71. The molecule has 0 bridgehead atoms. The minimum Gasteiger partial charge on any atom is -0.383 e. The molecule has 0 aliphatic rings. The van der Waals surface area contributed by atoms with Crippen LogP contribution < -0.4 is 11.5 Å². The molecule has 7 heteroatoms. The van der Waals surface area contributed by atoms with Crippen LogP contribution in [-0.4, -0.2) is 10.9 Å². The van der Waals surface area contributed by atoms with E-state index < -0.39 is 12.3 Å². The van der Waals surface area contributed by atoms with Crippen LogP contribution in [-0.2, 0) is 0 Å². The second-order valence-corrected chi connectivity index (χ2v) is 3.62. The van der Waals surface area contributed by atoms with Crippen LogP contribution in [0.15, 0.2) is 6.07 Å². The number of anilines is 1. The fourth-order valence-electron chi connectivity index (χ4n) is 0.885. The number of pyridine rings is 1. The van der Waals surface area contributed by atoms with E-state index in [2.05, 4.69) is 4.98 Å². The molecule has 0 saturated carbocycles. The Hall–Kier alpha value is -0.990. The molecular formula is C7H6F2IN3O. The maximum Gasteiger partial charge on any atom is 0.268 e. The first-order chi connectivity index (χ1) is 6.43. The zero-order valence-electron chi connectivity index (χ0n) is 6.80. The second kappa shape index (κ2) is 4.03. The number of nitrogens with two attached hydrogens (primary N) is 2. The zero-order chi connectivity index (χ0) is 10.9. The summed E-state index contributed by atoms with van der Waals surface area (Å²) in [5.41, 5.74) is 9.71. The molecular weight excluding hydrogens is 307 g/mol. The van der Waals surface area contributed by atoms with E-state index in [0.717, 1.165) is 0 Å². The molecule has 1 aromatic heterocycles. The SMILES string of the molecule is NC(=O)c1cc(I)c(C(F)F)c(N)n1. The van der Waals surface area contributed by atoms with E-state index >= 15 is 0 Å². The Balaban J connectivity index is 3.32. The number of halogens is 3. The lowest BCUT2D eigenvalue weighted by Crippen LogP contribution is -2.15. The third kappa shape index (κ3) is 2.08. The summed E-state index contributed by atoms with van der Waals surface area (Å²) in [6.45, 7) is 0. The van der Waals surface area contributed by atoms with Crippen molar-refractivity contribution in [3.05, 3.63) is 20.9 Å². The summed E-state index contributed by atoms with van der Waals surface area (Å²) in [6, 6.07) is 1.18. The number of nitrogens with zero attached hydrogens (tertiary/aromatic N) is 1. The summed E-state index contributed by atoms with van der Waals surface area (Å²) in [6.07, 6.45) is -2.71. The van der Waals surface area contributed by atoms with Crippen molar-refractivity contribution >= 4 is 34.3 Å². The number of aromatic nitrogens is 1. The van der Waals surface area contributed by atoms with Gasteiger partial charge in [-0.15, -0.1) is 0 Å². The van der Waals surface area contributed by atoms with Crippen LogP contribution in [0, 0.1) is 3.57 Å². The van der Waals surface area contributed by atoms with Crippen molar-refractivity contribution in [3.63, 3.8) is 0 Å². The first kappa shape index (κ1) is 11.1. The van der Waals surface area contributed by atoms with Gasteiger partial charge in [-0.05, 0) is 28.7 Å². The van der Waals surface area contributed by atoms with Crippen LogP contribution in [0.3, 0.4) is 0 Å². The Morgan fingerprint density at radius 3 is 2.50 bits per heavy atom. The van der Waals surface area contributed by atoms with Crippen LogP contribution in [0.5, 0.6) is 0 Å². The highest BCUT2D eigenvalue weighted by Gasteiger charge is 2.18. The molecule has 1 heterocycles. The molecule has 0 atom stereocenters. The first-order valence-electron chi connectivity index (χ1n) is 3.47. The van der Waals surface area contributed by atoms with Gasteiger partial charge in [0.25, 0.3) is 12.3 Å². The highest BCUT2D eigenvalue weighted by Crippen LogP contribution is 2.28. The third-order valence-electron chi connectivity index (χ3n) is 1.51. The molecule has 0 saturated heterocycles. The predicted molar refractivity (Wildman–Crippen MR) is 54.8 cm³/mol. The average Bonchev–Trinajstić information content (AvgIpc) is 2.01. The molecule has 0 aliphatic carbocycles. The van der Waals surface area contributed by atoms with Gasteiger partial charge >= 0.3 is 0 Å². The summed E-state index contributed by atoms with van der Waals surface area (Å²) in [7, 11) is 0. The number of carbonyl (C=O) groups is 1. The quantitative estimate of drug-likeness (QED) is 0.808. The number of carbonyl (C=O) groups excluding carboxylic acids is 1. The third-order valence-corrected chi connectivity index (χ3v) is 2.40. The fourth-order valence-corrected chi connectivity index (χ4v) is 1.69. The van der Waals surface area contributed by atoms with E-state index in [4.69, 9.17) is 11.5 Å². The van der Waals surface area contributed by atoms with Gasteiger partial charge in [0.2, 0.25) is 0 Å². The van der Waals surface area contributed by atoms with Crippen LogP contribution in [0.25, 0.3) is 0 Å². The van der Waals surface area contributed by atoms with Crippen molar-refractivity contribution in [2.24, 2.45) is 5.73 Å². The maximum atomic E-state index is 12.4. The van der Waals surface area contributed by atoms with Gasteiger partial charge in [-0.3, -0.25) is 4.79 Å². The molecule has 0 fully saturated rings. The van der Waals surface area contributed by atoms with Crippen LogP contribution in [0.2, 0.25) is 0 Å². The predicted octanol–water partition coefficient (Wildman–Crippen LogP) is 1.30. The van der Waals surface area contributed by atoms with Crippen LogP contribution >= 0.6 is 22.6 Å². The van der Waals surface area contributed by atoms with E-state index in [9.17, 15) is 13.6 Å². The summed E-state index contributed by atoms with van der Waals surface area (Å²) >= 11 is 1.65. The summed E-state index contributed by atoms with van der Waals surface area (Å²) in [4.78, 5) is 14.2. The van der Waals surface area contributed by atoms with Crippen molar-refractivity contribution < 1.29 is 13.6 Å². The molecule has 4 nitrogen and oxygen atoms in total. The summed E-state index contributed by atoms with van der Waals surface area (Å²) in [5.74, 6) is -1.16. The molecule has 0 aliphatic heterocycles. The average molecular weight is 313 g/mol. The van der Waals surface area contributed by atoms with E-state index in [1.54, 1.807) is 22.6 Å². The number of rotatable bonds is 2. The molecule has 1 rings (SSSR count). The van der Waals surface area contributed by atoms with E-state index in [1.807, 2.05) is 0 Å².